The van der Waals surface area contributed by atoms with Gasteiger partial charge in [-0.05, 0) is 82.3 Å². The quantitative estimate of drug-likeness (QED) is 0.366. The molecular formula is C33H34ClFN2O7. The highest BCUT2D eigenvalue weighted by Gasteiger charge is 2.68. The number of hydrogen-bond acceptors (Lipinski definition) is 7. The average molecular weight is 625 g/mol. The smallest absolute Gasteiger partial charge is 0.241 e. The molecule has 2 aliphatic carbocycles. The molecule has 0 bridgehead atoms. The number of carbonyl (C=O) groups excluding carboxylic acids is 4. The molecule has 1 N–H and O–H groups in total. The predicted molar refractivity (Wildman–Crippen MR) is 159 cm³/mol. The molecule has 9 nitrogen and oxygen atoms in total. The summed E-state index contributed by atoms with van der Waals surface area (Å²) in [5.41, 5.74) is -0.624. The van der Waals surface area contributed by atoms with Gasteiger partial charge in [0.2, 0.25) is 29.4 Å². The second-order valence-corrected chi connectivity index (χ2v) is 13.6. The Morgan fingerprint density at radius 1 is 0.977 bits per heavy atom. The van der Waals surface area contributed by atoms with E-state index >= 15 is 0 Å². The van der Waals surface area contributed by atoms with Gasteiger partial charge in [-0.1, -0.05) is 23.3 Å². The van der Waals surface area contributed by atoms with Crippen LogP contribution in [-0.2, 0) is 19.2 Å². The molecule has 4 aliphatic rings. The lowest BCUT2D eigenvalue weighted by molar-refractivity contribution is -0.145. The number of allylic oxidation sites excluding steroid dienone is 2. The lowest BCUT2D eigenvalue weighted by Gasteiger charge is -2.49. The number of fused-ring (bicyclic) bond motifs is 4. The van der Waals surface area contributed by atoms with Crippen LogP contribution in [0.1, 0.15) is 52.0 Å². The molecule has 2 aromatic carbocycles. The van der Waals surface area contributed by atoms with Crippen LogP contribution >= 0.6 is 11.6 Å². The minimum absolute atomic E-state index is 0.112. The summed E-state index contributed by atoms with van der Waals surface area (Å²) in [6.07, 6.45) is 2.41. The van der Waals surface area contributed by atoms with Gasteiger partial charge in [-0.3, -0.25) is 24.1 Å². The molecule has 232 valence electrons. The fourth-order valence-corrected chi connectivity index (χ4v) is 8.18. The lowest BCUT2D eigenvalue weighted by atomic mass is 9.51. The van der Waals surface area contributed by atoms with E-state index in [0.717, 1.165) is 16.5 Å². The molecule has 2 aliphatic heterocycles. The molecule has 6 rings (SSSR count). The average Bonchev–Trinajstić information content (AvgIpc) is 3.34. The van der Waals surface area contributed by atoms with Crippen LogP contribution in [0.2, 0.25) is 5.02 Å². The van der Waals surface area contributed by atoms with E-state index in [9.17, 15) is 28.7 Å². The SMILES string of the molecule is COc1cc([C@H]2C3=CC[C@@H]4C(=O)N(C(C)(C)C)C(=O)[C@@H]4[C@@H]3C[C@H]3C(=O)N(c4ccc(F)c(Cl)c4)C(=O)[C@@]23C)cc(OC)c1O. The third-order valence-corrected chi connectivity index (χ3v) is 10.2. The van der Waals surface area contributed by atoms with Crippen LogP contribution in [0.15, 0.2) is 42.0 Å². The zero-order chi connectivity index (χ0) is 32.0. The standard InChI is InChI=1S/C33H34ClFN2O7/c1-32(2,3)37-28(39)18-9-8-17-19(25(18)30(37)41)14-20-29(40)36(16-7-10-22(35)21(34)13-16)31(42)33(20,4)26(17)15-11-23(43-5)27(38)24(12-15)44-6/h7-8,10-13,18-20,25-26,38H,9,14H2,1-6H3/t18-,19+,20-,25-,26-,33+/m0/s1. The Balaban J connectivity index is 1.56. The van der Waals surface area contributed by atoms with E-state index in [-0.39, 0.29) is 46.2 Å². The molecular weight excluding hydrogens is 591 g/mol. The van der Waals surface area contributed by atoms with Crippen molar-refractivity contribution in [3.05, 3.63) is 58.4 Å². The number of imide groups is 2. The molecule has 2 heterocycles. The minimum atomic E-state index is -1.35. The number of phenolic OH excluding ortho intramolecular Hbond substituents is 1. The van der Waals surface area contributed by atoms with Crippen molar-refractivity contribution < 1.29 is 38.1 Å². The van der Waals surface area contributed by atoms with Crippen molar-refractivity contribution in [1.29, 1.82) is 0 Å². The summed E-state index contributed by atoms with van der Waals surface area (Å²) in [5.74, 6) is -5.64. The van der Waals surface area contributed by atoms with E-state index in [1.807, 2.05) is 26.8 Å². The van der Waals surface area contributed by atoms with E-state index < -0.39 is 58.2 Å². The molecule has 11 heteroatoms. The lowest BCUT2D eigenvalue weighted by Crippen LogP contribution is -2.49. The molecule has 2 saturated heterocycles. The summed E-state index contributed by atoms with van der Waals surface area (Å²) in [7, 11) is 2.79. The van der Waals surface area contributed by atoms with Gasteiger partial charge in [0.1, 0.15) is 5.82 Å². The van der Waals surface area contributed by atoms with Gasteiger partial charge in [0.25, 0.3) is 0 Å². The van der Waals surface area contributed by atoms with Gasteiger partial charge in [-0.25, -0.2) is 9.29 Å². The number of carbonyl (C=O) groups is 4. The highest BCUT2D eigenvalue weighted by Crippen LogP contribution is 2.64. The summed E-state index contributed by atoms with van der Waals surface area (Å²) < 4.78 is 25.0. The largest absolute Gasteiger partial charge is 0.502 e. The van der Waals surface area contributed by atoms with Crippen LogP contribution in [-0.4, -0.2) is 53.4 Å². The molecule has 0 radical (unpaired) electrons. The molecule has 2 aromatic rings. The molecule has 4 amide bonds. The first kappa shape index (κ1) is 30.1. The van der Waals surface area contributed by atoms with Crippen molar-refractivity contribution in [2.75, 3.05) is 19.1 Å². The van der Waals surface area contributed by atoms with Crippen molar-refractivity contribution in [3.63, 3.8) is 0 Å². The van der Waals surface area contributed by atoms with Crippen molar-refractivity contribution in [3.8, 4) is 17.2 Å². The Bertz CT molecular complexity index is 1640. The molecule has 0 unspecified atom stereocenters. The van der Waals surface area contributed by atoms with E-state index in [0.29, 0.717) is 12.0 Å². The third kappa shape index (κ3) is 4.02. The van der Waals surface area contributed by atoms with Crippen LogP contribution in [0.25, 0.3) is 0 Å². The van der Waals surface area contributed by atoms with E-state index in [1.54, 1.807) is 19.1 Å². The number of nitrogens with zero attached hydrogens (tertiary/aromatic N) is 2. The zero-order valence-electron chi connectivity index (χ0n) is 25.3. The van der Waals surface area contributed by atoms with Gasteiger partial charge in [-0.15, -0.1) is 0 Å². The number of phenols is 1. The first-order valence-electron chi connectivity index (χ1n) is 14.5. The molecule has 3 fully saturated rings. The van der Waals surface area contributed by atoms with Crippen LogP contribution in [0.4, 0.5) is 10.1 Å². The summed E-state index contributed by atoms with van der Waals surface area (Å²) >= 11 is 6.06. The summed E-state index contributed by atoms with van der Waals surface area (Å²) in [6.45, 7) is 7.17. The molecule has 1 saturated carbocycles. The number of likely N-dealkylation sites (tertiary alicyclic amines) is 1. The number of methoxy groups -OCH3 is 2. The third-order valence-electron chi connectivity index (χ3n) is 9.94. The maximum Gasteiger partial charge on any atom is 0.241 e. The highest BCUT2D eigenvalue weighted by molar-refractivity contribution is 6.31. The predicted octanol–water partition coefficient (Wildman–Crippen LogP) is 5.23. The highest BCUT2D eigenvalue weighted by atomic mass is 35.5. The monoisotopic (exact) mass is 624 g/mol. The normalized spacial score (nSPS) is 29.8. The first-order chi connectivity index (χ1) is 20.7. The number of halogens is 2. The fourth-order valence-electron chi connectivity index (χ4n) is 8.01. The second kappa shape index (κ2) is 10.1. The van der Waals surface area contributed by atoms with Gasteiger partial charge < -0.3 is 14.6 Å². The Hall–Kier alpha value is -3.92. The Kier molecular flexibility index (Phi) is 6.88. The Labute approximate surface area is 259 Å². The molecule has 0 spiro atoms. The van der Waals surface area contributed by atoms with Gasteiger partial charge in [-0.2, -0.15) is 0 Å². The number of rotatable bonds is 4. The molecule has 6 atom stereocenters. The van der Waals surface area contributed by atoms with Crippen molar-refractivity contribution in [2.24, 2.45) is 29.1 Å². The van der Waals surface area contributed by atoms with E-state index in [4.69, 9.17) is 21.1 Å². The fraction of sp³-hybridized carbons (Fsp3) is 0.455. The molecule has 0 aromatic heterocycles. The second-order valence-electron chi connectivity index (χ2n) is 13.2. The Morgan fingerprint density at radius 2 is 1.61 bits per heavy atom. The number of benzene rings is 2. The van der Waals surface area contributed by atoms with Crippen molar-refractivity contribution in [2.45, 2.75) is 52.0 Å². The number of amides is 4. The molecule has 44 heavy (non-hydrogen) atoms. The van der Waals surface area contributed by atoms with Gasteiger partial charge in [0, 0.05) is 11.5 Å². The van der Waals surface area contributed by atoms with Gasteiger partial charge in [0.05, 0.1) is 48.1 Å². The zero-order valence-corrected chi connectivity index (χ0v) is 26.1. The van der Waals surface area contributed by atoms with Crippen LogP contribution in [0, 0.1) is 34.9 Å². The minimum Gasteiger partial charge on any atom is -0.502 e. The summed E-state index contributed by atoms with van der Waals surface area (Å²) in [5, 5.41) is 10.5. The van der Waals surface area contributed by atoms with Gasteiger partial charge >= 0.3 is 0 Å². The topological polar surface area (TPSA) is 113 Å². The number of aromatic hydroxyl groups is 1. The number of anilines is 1. The van der Waals surface area contributed by atoms with Crippen molar-refractivity contribution in [1.82, 2.24) is 4.90 Å². The summed E-state index contributed by atoms with van der Waals surface area (Å²) in [4.78, 5) is 58.8. The number of hydrogen-bond donors (Lipinski definition) is 1. The maximum absolute atomic E-state index is 14.5. The first-order valence-corrected chi connectivity index (χ1v) is 14.9. The van der Waals surface area contributed by atoms with Crippen LogP contribution in [0.5, 0.6) is 17.2 Å². The van der Waals surface area contributed by atoms with E-state index in [1.165, 1.54) is 31.3 Å². The van der Waals surface area contributed by atoms with Gasteiger partial charge in [0.15, 0.2) is 11.5 Å². The van der Waals surface area contributed by atoms with E-state index in [2.05, 4.69) is 0 Å². The van der Waals surface area contributed by atoms with Crippen LogP contribution < -0.4 is 14.4 Å². The van der Waals surface area contributed by atoms with Crippen LogP contribution in [0.3, 0.4) is 0 Å². The Morgan fingerprint density at radius 3 is 2.18 bits per heavy atom. The number of ether oxygens (including phenoxy) is 2. The summed E-state index contributed by atoms with van der Waals surface area (Å²) in [6, 6.07) is 6.91. The van der Waals surface area contributed by atoms with Crippen molar-refractivity contribution >= 4 is 40.9 Å². The maximum atomic E-state index is 14.5.